The van der Waals surface area contributed by atoms with Crippen LogP contribution in [0, 0.1) is 5.41 Å². The summed E-state index contributed by atoms with van der Waals surface area (Å²) in [7, 11) is 2.32. The van der Waals surface area contributed by atoms with Gasteiger partial charge in [0, 0.05) is 12.6 Å². The highest BCUT2D eigenvalue weighted by atomic mass is 15.2. The van der Waals surface area contributed by atoms with Gasteiger partial charge in [-0.25, -0.2) is 0 Å². The predicted molar refractivity (Wildman–Crippen MR) is 60.5 cm³/mol. The van der Waals surface area contributed by atoms with E-state index in [9.17, 15) is 0 Å². The van der Waals surface area contributed by atoms with Gasteiger partial charge in [0.15, 0.2) is 0 Å². The van der Waals surface area contributed by atoms with Gasteiger partial charge in [0.05, 0.1) is 0 Å². The van der Waals surface area contributed by atoms with Crippen LogP contribution in [0.25, 0.3) is 0 Å². The fourth-order valence-corrected chi connectivity index (χ4v) is 2.75. The number of nitrogens with zero attached hydrogens (tertiary/aromatic N) is 1. The third-order valence-corrected chi connectivity index (χ3v) is 4.17. The van der Waals surface area contributed by atoms with Crippen molar-refractivity contribution in [1.82, 2.24) is 10.2 Å². The van der Waals surface area contributed by atoms with Crippen molar-refractivity contribution in [2.24, 2.45) is 5.41 Å². The van der Waals surface area contributed by atoms with Crippen LogP contribution in [0.1, 0.15) is 39.0 Å². The lowest BCUT2D eigenvalue weighted by atomic mass is 9.76. The van der Waals surface area contributed by atoms with Gasteiger partial charge in [-0.15, -0.1) is 0 Å². The first kappa shape index (κ1) is 10.4. The summed E-state index contributed by atoms with van der Waals surface area (Å²) < 4.78 is 0. The molecule has 0 spiro atoms. The summed E-state index contributed by atoms with van der Waals surface area (Å²) in [6, 6.07) is 0.924. The zero-order chi connectivity index (χ0) is 10.0. The van der Waals surface area contributed by atoms with Crippen molar-refractivity contribution in [2.75, 3.05) is 26.7 Å². The summed E-state index contributed by atoms with van der Waals surface area (Å²) >= 11 is 0. The molecule has 0 aromatic carbocycles. The van der Waals surface area contributed by atoms with Crippen molar-refractivity contribution in [2.45, 2.75) is 45.1 Å². The molecule has 0 radical (unpaired) electrons. The van der Waals surface area contributed by atoms with E-state index in [1.807, 2.05) is 0 Å². The molecule has 2 fully saturated rings. The van der Waals surface area contributed by atoms with Crippen LogP contribution in [0.2, 0.25) is 0 Å². The average molecular weight is 196 g/mol. The van der Waals surface area contributed by atoms with Gasteiger partial charge in [-0.3, -0.25) is 0 Å². The highest BCUT2D eigenvalue weighted by molar-refractivity contribution is 4.90. The molecule has 0 aromatic rings. The van der Waals surface area contributed by atoms with Gasteiger partial charge in [-0.05, 0) is 57.7 Å². The first-order valence-electron chi connectivity index (χ1n) is 6.17. The zero-order valence-electron chi connectivity index (χ0n) is 9.68. The zero-order valence-corrected chi connectivity index (χ0v) is 9.68. The van der Waals surface area contributed by atoms with Crippen LogP contribution in [0.3, 0.4) is 0 Å². The van der Waals surface area contributed by atoms with Crippen molar-refractivity contribution in [3.8, 4) is 0 Å². The van der Waals surface area contributed by atoms with Gasteiger partial charge in [0.2, 0.25) is 0 Å². The number of piperidine rings is 1. The number of nitrogens with one attached hydrogen (secondary N) is 1. The Balaban J connectivity index is 1.89. The SMILES string of the molecule is CCC1(CN(C)C2CC2)CCNCC1. The second-order valence-corrected chi connectivity index (χ2v) is 5.25. The number of hydrogen-bond donors (Lipinski definition) is 1. The molecule has 1 saturated heterocycles. The van der Waals surface area contributed by atoms with E-state index in [4.69, 9.17) is 0 Å². The molecule has 0 aromatic heterocycles. The summed E-state index contributed by atoms with van der Waals surface area (Å²) in [5.74, 6) is 0. The first-order valence-corrected chi connectivity index (χ1v) is 6.17. The normalized spacial score (nSPS) is 26.8. The van der Waals surface area contributed by atoms with E-state index >= 15 is 0 Å². The third-order valence-electron chi connectivity index (χ3n) is 4.17. The predicted octanol–water partition coefficient (Wildman–Crippen LogP) is 1.86. The first-order chi connectivity index (χ1) is 6.76. The Morgan fingerprint density at radius 3 is 2.43 bits per heavy atom. The van der Waals surface area contributed by atoms with Crippen LogP contribution in [0.15, 0.2) is 0 Å². The Morgan fingerprint density at radius 1 is 1.29 bits per heavy atom. The molecule has 1 aliphatic heterocycles. The van der Waals surface area contributed by atoms with Crippen LogP contribution in [-0.2, 0) is 0 Å². The monoisotopic (exact) mass is 196 g/mol. The molecule has 0 bridgehead atoms. The van der Waals surface area contributed by atoms with Crippen molar-refractivity contribution < 1.29 is 0 Å². The van der Waals surface area contributed by atoms with E-state index in [2.05, 4.69) is 24.2 Å². The molecule has 1 saturated carbocycles. The van der Waals surface area contributed by atoms with Crippen LogP contribution >= 0.6 is 0 Å². The molecular weight excluding hydrogens is 172 g/mol. The van der Waals surface area contributed by atoms with Gasteiger partial charge < -0.3 is 10.2 Å². The van der Waals surface area contributed by atoms with Gasteiger partial charge in [0.25, 0.3) is 0 Å². The van der Waals surface area contributed by atoms with Crippen LogP contribution in [0.5, 0.6) is 0 Å². The van der Waals surface area contributed by atoms with Crippen LogP contribution < -0.4 is 5.32 Å². The van der Waals surface area contributed by atoms with Gasteiger partial charge >= 0.3 is 0 Å². The molecular formula is C12H24N2. The fourth-order valence-electron chi connectivity index (χ4n) is 2.75. The highest BCUT2D eigenvalue weighted by Gasteiger charge is 2.35. The van der Waals surface area contributed by atoms with E-state index in [0.717, 1.165) is 6.04 Å². The molecule has 1 heterocycles. The van der Waals surface area contributed by atoms with E-state index in [1.165, 1.54) is 51.7 Å². The van der Waals surface area contributed by atoms with E-state index in [0.29, 0.717) is 5.41 Å². The summed E-state index contributed by atoms with van der Waals surface area (Å²) in [5, 5.41) is 3.47. The maximum Gasteiger partial charge on any atom is 0.00936 e. The smallest absolute Gasteiger partial charge is 0.00936 e. The molecule has 14 heavy (non-hydrogen) atoms. The Morgan fingerprint density at radius 2 is 1.93 bits per heavy atom. The van der Waals surface area contributed by atoms with Crippen molar-refractivity contribution in [3.05, 3.63) is 0 Å². The number of hydrogen-bond acceptors (Lipinski definition) is 2. The lowest BCUT2D eigenvalue weighted by Gasteiger charge is -2.40. The second kappa shape index (κ2) is 4.19. The number of rotatable bonds is 4. The fraction of sp³-hybridized carbons (Fsp3) is 1.00. The third kappa shape index (κ3) is 2.29. The second-order valence-electron chi connectivity index (χ2n) is 5.25. The van der Waals surface area contributed by atoms with Crippen LogP contribution in [-0.4, -0.2) is 37.6 Å². The summed E-state index contributed by atoms with van der Waals surface area (Å²) in [5.41, 5.74) is 0.628. The summed E-state index contributed by atoms with van der Waals surface area (Å²) in [6.45, 7) is 6.15. The van der Waals surface area contributed by atoms with Gasteiger partial charge in [-0.2, -0.15) is 0 Å². The van der Waals surface area contributed by atoms with Gasteiger partial charge in [-0.1, -0.05) is 6.92 Å². The summed E-state index contributed by atoms with van der Waals surface area (Å²) in [6.07, 6.45) is 6.98. The molecule has 1 aliphatic carbocycles. The minimum atomic E-state index is 0.628. The molecule has 0 amide bonds. The van der Waals surface area contributed by atoms with E-state index in [-0.39, 0.29) is 0 Å². The van der Waals surface area contributed by atoms with Crippen molar-refractivity contribution >= 4 is 0 Å². The molecule has 2 heteroatoms. The van der Waals surface area contributed by atoms with Crippen molar-refractivity contribution in [3.63, 3.8) is 0 Å². The Labute approximate surface area is 88.1 Å². The lowest BCUT2D eigenvalue weighted by molar-refractivity contribution is 0.119. The van der Waals surface area contributed by atoms with E-state index < -0.39 is 0 Å². The largest absolute Gasteiger partial charge is 0.317 e. The minimum absolute atomic E-state index is 0.628. The molecule has 2 rings (SSSR count). The molecule has 2 nitrogen and oxygen atoms in total. The maximum atomic E-state index is 3.47. The Hall–Kier alpha value is -0.0800. The Bertz CT molecular complexity index is 181. The lowest BCUT2D eigenvalue weighted by Crippen LogP contribution is -2.44. The summed E-state index contributed by atoms with van der Waals surface area (Å²) in [4.78, 5) is 2.61. The molecule has 0 unspecified atom stereocenters. The molecule has 2 aliphatic rings. The molecule has 0 atom stereocenters. The standard InChI is InChI=1S/C12H24N2/c1-3-12(6-8-13-9-7-12)10-14(2)11-4-5-11/h11,13H,3-10H2,1-2H3. The Kier molecular flexibility index (Phi) is 3.13. The van der Waals surface area contributed by atoms with Gasteiger partial charge in [0.1, 0.15) is 0 Å². The van der Waals surface area contributed by atoms with Crippen molar-refractivity contribution in [1.29, 1.82) is 0 Å². The van der Waals surface area contributed by atoms with Crippen LogP contribution in [0.4, 0.5) is 0 Å². The maximum absolute atomic E-state index is 3.47. The quantitative estimate of drug-likeness (QED) is 0.738. The van der Waals surface area contributed by atoms with E-state index in [1.54, 1.807) is 0 Å². The minimum Gasteiger partial charge on any atom is -0.317 e. The molecule has 82 valence electrons. The topological polar surface area (TPSA) is 15.3 Å². The average Bonchev–Trinajstić information content (AvgIpc) is 3.02. The highest BCUT2D eigenvalue weighted by Crippen LogP contribution is 2.36. The molecule has 1 N–H and O–H groups in total.